The Morgan fingerprint density at radius 3 is 2.69 bits per heavy atom. The molecule has 13 heavy (non-hydrogen) atoms. The van der Waals surface area contributed by atoms with Crippen LogP contribution in [0.3, 0.4) is 0 Å². The second kappa shape index (κ2) is 2.95. The third kappa shape index (κ3) is 1.62. The Labute approximate surface area is 76.6 Å². The normalized spacial score (nSPS) is 15.8. The van der Waals surface area contributed by atoms with Crippen LogP contribution in [0.2, 0.25) is 0 Å². The third-order valence-electron chi connectivity index (χ3n) is 2.41. The number of carbonyl (C=O) groups is 1. The Balaban J connectivity index is 2.47. The summed E-state index contributed by atoms with van der Waals surface area (Å²) in [5.41, 5.74) is 1.58. The van der Waals surface area contributed by atoms with Crippen LogP contribution in [0, 0.1) is 5.82 Å². The first-order valence-corrected chi connectivity index (χ1v) is 4.49. The lowest BCUT2D eigenvalue weighted by Gasteiger charge is -2.04. The van der Waals surface area contributed by atoms with Crippen molar-refractivity contribution in [2.24, 2.45) is 0 Å². The van der Waals surface area contributed by atoms with Crippen LogP contribution in [0.4, 0.5) is 4.39 Å². The molecule has 1 aliphatic carbocycles. The number of ketones is 1. The van der Waals surface area contributed by atoms with Crippen LogP contribution in [0.25, 0.3) is 0 Å². The van der Waals surface area contributed by atoms with E-state index in [4.69, 9.17) is 0 Å². The SMILES string of the molecule is CC(=O)c1ccc(F)cc1C1CC1. The number of hydrogen-bond acceptors (Lipinski definition) is 1. The summed E-state index contributed by atoms with van der Waals surface area (Å²) in [6.07, 6.45) is 2.17. The van der Waals surface area contributed by atoms with Crippen molar-refractivity contribution in [3.05, 3.63) is 35.1 Å². The third-order valence-corrected chi connectivity index (χ3v) is 2.41. The predicted molar refractivity (Wildman–Crippen MR) is 48.4 cm³/mol. The molecule has 0 saturated heterocycles. The summed E-state index contributed by atoms with van der Waals surface area (Å²) in [5.74, 6) is 0.211. The fourth-order valence-electron chi connectivity index (χ4n) is 1.59. The number of benzene rings is 1. The van der Waals surface area contributed by atoms with Gasteiger partial charge in [0.1, 0.15) is 5.82 Å². The molecule has 2 heteroatoms. The maximum atomic E-state index is 12.9. The quantitative estimate of drug-likeness (QED) is 0.636. The largest absolute Gasteiger partial charge is 0.295 e. The fourth-order valence-corrected chi connectivity index (χ4v) is 1.59. The zero-order chi connectivity index (χ0) is 9.42. The van der Waals surface area contributed by atoms with Crippen molar-refractivity contribution in [1.29, 1.82) is 0 Å². The van der Waals surface area contributed by atoms with Gasteiger partial charge in [0, 0.05) is 5.56 Å². The topological polar surface area (TPSA) is 17.1 Å². The van der Waals surface area contributed by atoms with Gasteiger partial charge in [-0.1, -0.05) is 0 Å². The van der Waals surface area contributed by atoms with Gasteiger partial charge in [-0.25, -0.2) is 4.39 Å². The molecule has 1 nitrogen and oxygen atoms in total. The smallest absolute Gasteiger partial charge is 0.160 e. The standard InChI is InChI=1S/C11H11FO/c1-7(13)10-5-4-9(12)6-11(10)8-2-3-8/h4-6,8H,2-3H2,1H3. The molecule has 0 bridgehead atoms. The van der Waals surface area contributed by atoms with Crippen LogP contribution in [0.5, 0.6) is 0 Å². The molecule has 0 heterocycles. The highest BCUT2D eigenvalue weighted by molar-refractivity contribution is 5.95. The molecule has 1 aromatic carbocycles. The molecule has 1 aromatic rings. The summed E-state index contributed by atoms with van der Waals surface area (Å²) in [7, 11) is 0. The molecular weight excluding hydrogens is 167 g/mol. The summed E-state index contributed by atoms with van der Waals surface area (Å²) < 4.78 is 12.9. The van der Waals surface area contributed by atoms with E-state index in [0.717, 1.165) is 18.4 Å². The van der Waals surface area contributed by atoms with E-state index in [0.29, 0.717) is 11.5 Å². The highest BCUT2D eigenvalue weighted by atomic mass is 19.1. The van der Waals surface area contributed by atoms with Crippen molar-refractivity contribution in [2.45, 2.75) is 25.7 Å². The molecule has 0 amide bonds. The summed E-state index contributed by atoms with van der Waals surface area (Å²) in [4.78, 5) is 11.2. The zero-order valence-electron chi connectivity index (χ0n) is 7.51. The van der Waals surface area contributed by atoms with E-state index in [1.165, 1.54) is 19.1 Å². The van der Waals surface area contributed by atoms with E-state index in [-0.39, 0.29) is 11.6 Å². The van der Waals surface area contributed by atoms with E-state index in [9.17, 15) is 9.18 Å². The first-order valence-electron chi connectivity index (χ1n) is 4.49. The van der Waals surface area contributed by atoms with Crippen molar-refractivity contribution in [3.63, 3.8) is 0 Å². The Morgan fingerprint density at radius 1 is 1.46 bits per heavy atom. The molecule has 2 rings (SSSR count). The zero-order valence-corrected chi connectivity index (χ0v) is 7.51. The fraction of sp³-hybridized carbons (Fsp3) is 0.364. The van der Waals surface area contributed by atoms with Crippen LogP contribution in [-0.4, -0.2) is 5.78 Å². The maximum Gasteiger partial charge on any atom is 0.160 e. The number of rotatable bonds is 2. The molecule has 0 atom stereocenters. The Kier molecular flexibility index (Phi) is 1.91. The minimum Gasteiger partial charge on any atom is -0.295 e. The van der Waals surface area contributed by atoms with Gasteiger partial charge in [-0.3, -0.25) is 4.79 Å². The summed E-state index contributed by atoms with van der Waals surface area (Å²) >= 11 is 0. The van der Waals surface area contributed by atoms with Crippen LogP contribution in [-0.2, 0) is 0 Å². The van der Waals surface area contributed by atoms with E-state index in [1.54, 1.807) is 6.07 Å². The van der Waals surface area contributed by atoms with Gasteiger partial charge in [0.15, 0.2) is 5.78 Å². The van der Waals surface area contributed by atoms with Crippen molar-refractivity contribution in [2.75, 3.05) is 0 Å². The van der Waals surface area contributed by atoms with E-state index in [2.05, 4.69) is 0 Å². The minimum atomic E-state index is -0.244. The molecule has 0 spiro atoms. The monoisotopic (exact) mass is 178 g/mol. The summed E-state index contributed by atoms with van der Waals surface area (Å²) in [6, 6.07) is 4.43. The second-order valence-corrected chi connectivity index (χ2v) is 3.56. The van der Waals surface area contributed by atoms with E-state index >= 15 is 0 Å². The average molecular weight is 178 g/mol. The van der Waals surface area contributed by atoms with Gasteiger partial charge in [-0.15, -0.1) is 0 Å². The van der Waals surface area contributed by atoms with Crippen LogP contribution in [0.15, 0.2) is 18.2 Å². The molecule has 0 N–H and O–H groups in total. The molecule has 1 fully saturated rings. The first-order chi connectivity index (χ1) is 6.18. The summed E-state index contributed by atoms with van der Waals surface area (Å²) in [5, 5.41) is 0. The molecule has 1 saturated carbocycles. The lowest BCUT2D eigenvalue weighted by molar-refractivity contribution is 0.101. The molecule has 0 unspecified atom stereocenters. The Hall–Kier alpha value is -1.18. The van der Waals surface area contributed by atoms with Gasteiger partial charge >= 0.3 is 0 Å². The van der Waals surface area contributed by atoms with Crippen LogP contribution < -0.4 is 0 Å². The van der Waals surface area contributed by atoms with Crippen molar-refractivity contribution >= 4 is 5.78 Å². The minimum absolute atomic E-state index is 0.0295. The van der Waals surface area contributed by atoms with Gasteiger partial charge < -0.3 is 0 Å². The van der Waals surface area contributed by atoms with Crippen molar-refractivity contribution in [1.82, 2.24) is 0 Å². The number of carbonyl (C=O) groups excluding carboxylic acids is 1. The second-order valence-electron chi connectivity index (χ2n) is 3.56. The summed E-state index contributed by atoms with van der Waals surface area (Å²) in [6.45, 7) is 1.53. The highest BCUT2D eigenvalue weighted by Gasteiger charge is 2.27. The lowest BCUT2D eigenvalue weighted by atomic mass is 10.0. The first kappa shape index (κ1) is 8.42. The van der Waals surface area contributed by atoms with Gasteiger partial charge in [0.05, 0.1) is 0 Å². The molecule has 1 aliphatic rings. The lowest BCUT2D eigenvalue weighted by Crippen LogP contribution is -1.98. The van der Waals surface area contributed by atoms with E-state index in [1.807, 2.05) is 0 Å². The van der Waals surface area contributed by atoms with Gasteiger partial charge in [-0.2, -0.15) is 0 Å². The van der Waals surface area contributed by atoms with Crippen molar-refractivity contribution < 1.29 is 9.18 Å². The van der Waals surface area contributed by atoms with E-state index < -0.39 is 0 Å². The number of hydrogen-bond donors (Lipinski definition) is 0. The van der Waals surface area contributed by atoms with Gasteiger partial charge in [0.2, 0.25) is 0 Å². The molecule has 68 valence electrons. The Morgan fingerprint density at radius 2 is 2.15 bits per heavy atom. The molecular formula is C11H11FO. The van der Waals surface area contributed by atoms with Gasteiger partial charge in [0.25, 0.3) is 0 Å². The van der Waals surface area contributed by atoms with Gasteiger partial charge in [-0.05, 0) is 49.4 Å². The van der Waals surface area contributed by atoms with Crippen LogP contribution in [0.1, 0.15) is 41.6 Å². The van der Waals surface area contributed by atoms with Crippen LogP contribution >= 0.6 is 0 Å². The predicted octanol–water partition coefficient (Wildman–Crippen LogP) is 2.91. The molecule has 0 radical (unpaired) electrons. The average Bonchev–Trinajstić information content (AvgIpc) is 2.85. The van der Waals surface area contributed by atoms with Crippen molar-refractivity contribution in [3.8, 4) is 0 Å². The number of halogens is 1. The maximum absolute atomic E-state index is 12.9. The highest BCUT2D eigenvalue weighted by Crippen LogP contribution is 2.41. The molecule has 0 aromatic heterocycles. The molecule has 0 aliphatic heterocycles. The Bertz CT molecular complexity index is 353. The number of Topliss-reactive ketones (excluding diaryl/α,β-unsaturated/α-hetero) is 1.